The van der Waals surface area contributed by atoms with Crippen molar-refractivity contribution in [3.05, 3.63) is 48.6 Å². The Morgan fingerprint density at radius 1 is 0.569 bits per heavy atom. The summed E-state index contributed by atoms with van der Waals surface area (Å²) in [7, 11) is -9.70. The molecule has 0 aromatic rings. The molecule has 0 aliphatic rings. The number of allylic oxidation sites excluding steroid dienone is 7. The number of aliphatic hydroxyl groups excluding tert-OH is 2. The second-order valence-electron chi connectivity index (χ2n) is 14.9. The van der Waals surface area contributed by atoms with E-state index in [2.05, 4.69) is 60.2 Å². The van der Waals surface area contributed by atoms with Crippen LogP contribution in [0.5, 0.6) is 0 Å². The Labute approximate surface area is 348 Å². The van der Waals surface area contributed by atoms with Crippen LogP contribution in [-0.2, 0) is 41.8 Å². The molecule has 0 amide bonds. The number of aliphatic hydroxyl groups is 2. The number of esters is 2. The van der Waals surface area contributed by atoms with Crippen molar-refractivity contribution in [2.75, 3.05) is 26.4 Å². The lowest BCUT2D eigenvalue weighted by Crippen LogP contribution is -2.29. The van der Waals surface area contributed by atoms with E-state index in [-0.39, 0.29) is 18.9 Å². The molecule has 16 heteroatoms. The molecule has 0 aliphatic carbocycles. The van der Waals surface area contributed by atoms with Crippen LogP contribution in [0.1, 0.15) is 156 Å². The average Bonchev–Trinajstić information content (AvgIpc) is 3.15. The maximum Gasteiger partial charge on any atom is 0.472 e. The fourth-order valence-electron chi connectivity index (χ4n) is 5.48. The maximum absolute atomic E-state index is 12.6. The number of carbonyl (C=O) groups excluding carboxylic acids is 2. The monoisotopic (exact) mass is 866 g/mol. The number of hydrogen-bond donors (Lipinski definition) is 5. The smallest absolute Gasteiger partial charge is 0.462 e. The van der Waals surface area contributed by atoms with Gasteiger partial charge in [0, 0.05) is 12.8 Å². The van der Waals surface area contributed by atoms with Gasteiger partial charge in [-0.1, -0.05) is 140 Å². The summed E-state index contributed by atoms with van der Waals surface area (Å²) in [6, 6.07) is 0. The molecule has 0 fully saturated rings. The second kappa shape index (κ2) is 36.9. The fourth-order valence-corrected chi connectivity index (χ4v) is 6.64. The molecule has 0 radical (unpaired) electrons. The molecule has 0 aromatic carbocycles. The molecule has 5 N–H and O–H groups in total. The van der Waals surface area contributed by atoms with Crippen molar-refractivity contribution >= 4 is 27.6 Å². The van der Waals surface area contributed by atoms with E-state index in [4.69, 9.17) is 23.8 Å². The van der Waals surface area contributed by atoms with E-state index in [1.54, 1.807) is 0 Å². The summed E-state index contributed by atoms with van der Waals surface area (Å²) in [5, 5.41) is 19.5. The van der Waals surface area contributed by atoms with E-state index in [1.165, 1.54) is 44.9 Å². The minimum absolute atomic E-state index is 0.0403. The number of rotatable bonds is 39. The van der Waals surface area contributed by atoms with Crippen LogP contribution in [0.3, 0.4) is 0 Å². The van der Waals surface area contributed by atoms with E-state index in [9.17, 15) is 33.8 Å². The van der Waals surface area contributed by atoms with Gasteiger partial charge in [0.1, 0.15) is 12.7 Å². The summed E-state index contributed by atoms with van der Waals surface area (Å²) in [5.74, 6) is -0.351. The van der Waals surface area contributed by atoms with Crippen LogP contribution in [0.2, 0.25) is 0 Å². The summed E-state index contributed by atoms with van der Waals surface area (Å²) in [4.78, 5) is 52.6. The Morgan fingerprint density at radius 2 is 1.07 bits per heavy atom. The van der Waals surface area contributed by atoms with Gasteiger partial charge in [-0.3, -0.25) is 23.2 Å². The lowest BCUT2D eigenvalue weighted by molar-refractivity contribution is -0.161. The number of ether oxygens (including phenoxy) is 2. The van der Waals surface area contributed by atoms with E-state index in [1.807, 2.05) is 18.2 Å². The minimum atomic E-state index is -4.87. The highest BCUT2D eigenvalue weighted by Crippen LogP contribution is 2.43. The van der Waals surface area contributed by atoms with Crippen LogP contribution in [0.15, 0.2) is 48.6 Å². The highest BCUT2D eigenvalue weighted by molar-refractivity contribution is 7.47. The van der Waals surface area contributed by atoms with Crippen LogP contribution < -0.4 is 0 Å². The zero-order chi connectivity index (χ0) is 43.3. The molecule has 4 atom stereocenters. The SMILES string of the molecule is CCCC(O)C/C=C\C/C=C\C/C=C\C/C=C\CCCC(=O)O[C@H](COC(=O)CCCCCCCCCCCCC(C)C)COP(=O)(O)OC[C@@H](O)COP(=O)(O)O. The number of phosphoric acid groups is 2. The number of phosphoric ester groups is 2. The first-order valence-corrected chi connectivity index (χ1v) is 24.3. The van der Waals surface area contributed by atoms with Crippen molar-refractivity contribution in [3.63, 3.8) is 0 Å². The summed E-state index contributed by atoms with van der Waals surface area (Å²) >= 11 is 0. The molecule has 0 saturated heterocycles. The van der Waals surface area contributed by atoms with E-state index in [0.29, 0.717) is 25.7 Å². The number of hydrogen-bond acceptors (Lipinski definition) is 11. The summed E-state index contributed by atoms with van der Waals surface area (Å²) in [6.07, 6.45) is 31.9. The highest BCUT2D eigenvalue weighted by atomic mass is 31.2. The topological polar surface area (TPSA) is 216 Å². The molecular formula is C42H76O14P2. The Bertz CT molecular complexity index is 1250. The molecule has 58 heavy (non-hydrogen) atoms. The zero-order valence-electron chi connectivity index (χ0n) is 35.4. The van der Waals surface area contributed by atoms with Gasteiger partial charge in [0.25, 0.3) is 0 Å². The molecule has 0 heterocycles. The first-order valence-electron chi connectivity index (χ1n) is 21.3. The molecule has 0 rings (SSSR count). The normalized spacial score (nSPS) is 15.2. The van der Waals surface area contributed by atoms with E-state index in [0.717, 1.165) is 57.3 Å². The van der Waals surface area contributed by atoms with Crippen molar-refractivity contribution in [1.82, 2.24) is 0 Å². The standard InChI is InChI=1S/C42H76O14P2/c1-4-28-38(43)30-25-21-17-13-8-6-5-7-9-15-19-23-27-32-42(46)56-40(36-55-58(50,51)54-34-39(44)33-53-57(47,48)49)35-52-41(45)31-26-22-18-14-11-10-12-16-20-24-29-37(2)3/h5,7-8,13,15,19,21,25,37-40,43-44H,4,6,9-12,14,16-18,20,22-24,26-36H2,1-3H3,(H,50,51)(H2,47,48,49)/b7-5-,13-8-,19-15-,25-21-/t38?,39-,40+/m0/s1. The van der Waals surface area contributed by atoms with Crippen LogP contribution in [0, 0.1) is 5.92 Å². The van der Waals surface area contributed by atoms with Crippen LogP contribution in [-0.4, -0.2) is 81.6 Å². The zero-order valence-corrected chi connectivity index (χ0v) is 37.2. The summed E-state index contributed by atoms with van der Waals surface area (Å²) in [6.45, 7) is 3.77. The van der Waals surface area contributed by atoms with Gasteiger partial charge < -0.3 is 34.4 Å². The molecule has 0 spiro atoms. The van der Waals surface area contributed by atoms with E-state index >= 15 is 0 Å². The largest absolute Gasteiger partial charge is 0.472 e. The molecule has 0 aromatic heterocycles. The third-order valence-electron chi connectivity index (χ3n) is 8.69. The molecule has 0 bridgehead atoms. The van der Waals surface area contributed by atoms with Crippen molar-refractivity contribution in [2.45, 2.75) is 174 Å². The van der Waals surface area contributed by atoms with Crippen molar-refractivity contribution in [2.24, 2.45) is 5.92 Å². The lowest BCUT2D eigenvalue weighted by atomic mass is 10.0. The Morgan fingerprint density at radius 3 is 1.64 bits per heavy atom. The fraction of sp³-hybridized carbons (Fsp3) is 0.762. The van der Waals surface area contributed by atoms with Gasteiger partial charge in [-0.2, -0.15) is 0 Å². The predicted octanol–water partition coefficient (Wildman–Crippen LogP) is 9.50. The van der Waals surface area contributed by atoms with Gasteiger partial charge in [-0.05, 0) is 57.3 Å². The molecule has 338 valence electrons. The third kappa shape index (κ3) is 40.8. The van der Waals surface area contributed by atoms with Crippen molar-refractivity contribution < 1.29 is 66.7 Å². The van der Waals surface area contributed by atoms with E-state index < -0.39 is 66.2 Å². The van der Waals surface area contributed by atoms with Gasteiger partial charge in [0.15, 0.2) is 6.10 Å². The molecule has 2 unspecified atom stereocenters. The Balaban J connectivity index is 4.65. The summed E-state index contributed by atoms with van der Waals surface area (Å²) < 4.78 is 47.6. The first kappa shape index (κ1) is 56.0. The van der Waals surface area contributed by atoms with Crippen molar-refractivity contribution in [1.29, 1.82) is 0 Å². The quantitative estimate of drug-likeness (QED) is 0.0168. The minimum Gasteiger partial charge on any atom is -0.462 e. The van der Waals surface area contributed by atoms with Gasteiger partial charge >= 0.3 is 27.6 Å². The van der Waals surface area contributed by atoms with Gasteiger partial charge in [-0.25, -0.2) is 9.13 Å². The van der Waals surface area contributed by atoms with Gasteiger partial charge in [0.2, 0.25) is 0 Å². The Hall–Kier alpha value is -1.96. The van der Waals surface area contributed by atoms with Crippen LogP contribution in [0.4, 0.5) is 0 Å². The Kier molecular flexibility index (Phi) is 35.6. The highest BCUT2D eigenvalue weighted by Gasteiger charge is 2.28. The second-order valence-corrected chi connectivity index (χ2v) is 17.6. The third-order valence-corrected chi connectivity index (χ3v) is 10.1. The molecule has 0 aliphatic heterocycles. The molecule has 14 nitrogen and oxygen atoms in total. The number of carbonyl (C=O) groups is 2. The summed E-state index contributed by atoms with van der Waals surface area (Å²) in [5.41, 5.74) is 0. The molecular weight excluding hydrogens is 790 g/mol. The predicted molar refractivity (Wildman–Crippen MR) is 227 cm³/mol. The average molecular weight is 867 g/mol. The maximum atomic E-state index is 12.6. The van der Waals surface area contributed by atoms with Crippen LogP contribution >= 0.6 is 15.6 Å². The first-order chi connectivity index (χ1) is 27.6. The lowest BCUT2D eigenvalue weighted by Gasteiger charge is -2.20. The van der Waals surface area contributed by atoms with Gasteiger partial charge in [-0.15, -0.1) is 0 Å². The number of unbranched alkanes of at least 4 members (excludes halogenated alkanes) is 10. The molecule has 0 saturated carbocycles. The van der Waals surface area contributed by atoms with Crippen LogP contribution in [0.25, 0.3) is 0 Å². The van der Waals surface area contributed by atoms with Crippen molar-refractivity contribution in [3.8, 4) is 0 Å². The van der Waals surface area contributed by atoms with Gasteiger partial charge in [0.05, 0.1) is 25.9 Å².